The molecule has 0 atom stereocenters. The van der Waals surface area contributed by atoms with Crippen molar-refractivity contribution in [1.82, 2.24) is 4.98 Å². The van der Waals surface area contributed by atoms with Crippen LogP contribution in [0.3, 0.4) is 0 Å². The van der Waals surface area contributed by atoms with Crippen molar-refractivity contribution in [3.05, 3.63) is 57.7 Å². The highest BCUT2D eigenvalue weighted by molar-refractivity contribution is 9.10. The number of aryl methyl sites for hydroxylation is 1. The number of Topliss-reactive ketones (excluding diaryl/α,β-unsaturated/α-hetero) is 1. The molecule has 2 N–H and O–H groups in total. The summed E-state index contributed by atoms with van der Waals surface area (Å²) in [5.74, 6) is -0.116. The van der Waals surface area contributed by atoms with Crippen LogP contribution in [-0.2, 0) is 0 Å². The lowest BCUT2D eigenvalue weighted by molar-refractivity contribution is 0.107. The van der Waals surface area contributed by atoms with Crippen LogP contribution in [-0.4, -0.2) is 21.6 Å². The van der Waals surface area contributed by atoms with Gasteiger partial charge < -0.3 is 10.1 Å². The van der Waals surface area contributed by atoms with Crippen molar-refractivity contribution < 1.29 is 9.90 Å². The molecule has 2 heterocycles. The van der Waals surface area contributed by atoms with E-state index in [-0.39, 0.29) is 17.2 Å². The minimum absolute atomic E-state index is 0.0547. The van der Waals surface area contributed by atoms with Crippen LogP contribution in [0.4, 0.5) is 5.69 Å². The van der Waals surface area contributed by atoms with Gasteiger partial charge in [0.1, 0.15) is 11.4 Å². The number of nitrogens with zero attached hydrogens (tertiary/aromatic N) is 1. The summed E-state index contributed by atoms with van der Waals surface area (Å²) in [5.41, 5.74) is 3.64. The largest absolute Gasteiger partial charge is 0.505 e. The highest BCUT2D eigenvalue weighted by Crippen LogP contribution is 2.36. The number of fused-ring (bicyclic) bond motifs is 2. The Hall–Kier alpha value is -2.40. The monoisotopic (exact) mass is 354 g/mol. The van der Waals surface area contributed by atoms with E-state index >= 15 is 0 Å². The van der Waals surface area contributed by atoms with Crippen LogP contribution in [0, 0.1) is 6.92 Å². The number of H-pyrrole nitrogens is 1. The molecule has 2 aromatic carbocycles. The number of hydrogen-bond donors (Lipinski definition) is 2. The zero-order valence-electron chi connectivity index (χ0n) is 11.6. The minimum Gasteiger partial charge on any atom is -0.505 e. The fourth-order valence-electron chi connectivity index (χ4n) is 2.72. The van der Waals surface area contributed by atoms with Crippen molar-refractivity contribution in [1.29, 1.82) is 0 Å². The predicted molar refractivity (Wildman–Crippen MR) is 89.4 cm³/mol. The Morgan fingerprint density at radius 1 is 1.18 bits per heavy atom. The molecule has 22 heavy (non-hydrogen) atoms. The summed E-state index contributed by atoms with van der Waals surface area (Å²) in [7, 11) is 0. The van der Waals surface area contributed by atoms with Gasteiger partial charge in [-0.3, -0.25) is 4.79 Å². The standard InChI is InChI=1S/C17H11BrN2O2/c1-8-2-4-10-12(6-8)19-14(16(10)21)15-17(22)11-5-3-9(18)7-13(11)20-15/h2-7,20,22H,1H3. The van der Waals surface area contributed by atoms with Crippen LogP contribution in [0.1, 0.15) is 21.6 Å². The molecule has 0 bridgehead atoms. The number of aliphatic imine (C=N–C) groups is 1. The first-order chi connectivity index (χ1) is 10.5. The van der Waals surface area contributed by atoms with Crippen molar-refractivity contribution in [2.75, 3.05) is 0 Å². The van der Waals surface area contributed by atoms with E-state index in [1.165, 1.54) is 0 Å². The number of ketones is 1. The maximum Gasteiger partial charge on any atom is 0.215 e. The Morgan fingerprint density at radius 3 is 2.82 bits per heavy atom. The molecule has 0 spiro atoms. The molecule has 0 saturated carbocycles. The lowest BCUT2D eigenvalue weighted by Gasteiger charge is -1.97. The van der Waals surface area contributed by atoms with Crippen molar-refractivity contribution in [2.24, 2.45) is 4.99 Å². The van der Waals surface area contributed by atoms with Gasteiger partial charge in [0, 0.05) is 15.4 Å². The van der Waals surface area contributed by atoms with Crippen molar-refractivity contribution in [2.45, 2.75) is 6.92 Å². The highest BCUT2D eigenvalue weighted by Gasteiger charge is 2.29. The second kappa shape index (κ2) is 4.55. The van der Waals surface area contributed by atoms with Crippen molar-refractivity contribution in [3.63, 3.8) is 0 Å². The Morgan fingerprint density at radius 2 is 2.00 bits per heavy atom. The van der Waals surface area contributed by atoms with Gasteiger partial charge in [-0.15, -0.1) is 0 Å². The summed E-state index contributed by atoms with van der Waals surface area (Å²) in [6.45, 7) is 1.95. The summed E-state index contributed by atoms with van der Waals surface area (Å²) >= 11 is 3.39. The Bertz CT molecular complexity index is 986. The zero-order chi connectivity index (χ0) is 15.4. The van der Waals surface area contributed by atoms with Gasteiger partial charge in [-0.05, 0) is 42.8 Å². The first kappa shape index (κ1) is 13.3. The second-order valence-electron chi connectivity index (χ2n) is 5.35. The molecule has 0 fully saturated rings. The van der Waals surface area contributed by atoms with E-state index in [9.17, 15) is 9.90 Å². The SMILES string of the molecule is Cc1ccc2c(c1)N=C(c1[nH]c3cc(Br)ccc3c1O)C2=O. The van der Waals surface area contributed by atoms with Gasteiger partial charge in [0.2, 0.25) is 5.78 Å². The number of nitrogens with one attached hydrogen (secondary N) is 1. The molecule has 5 heteroatoms. The molecule has 3 aromatic rings. The van der Waals surface area contributed by atoms with Gasteiger partial charge in [0.15, 0.2) is 5.75 Å². The molecule has 1 aliphatic heterocycles. The van der Waals surface area contributed by atoms with Gasteiger partial charge >= 0.3 is 0 Å². The number of hydrogen-bond acceptors (Lipinski definition) is 3. The number of carbonyl (C=O) groups is 1. The third-order valence-electron chi connectivity index (χ3n) is 3.82. The first-order valence-electron chi connectivity index (χ1n) is 6.79. The van der Waals surface area contributed by atoms with E-state index in [0.29, 0.717) is 22.3 Å². The van der Waals surface area contributed by atoms with E-state index in [1.54, 1.807) is 12.1 Å². The molecule has 4 nitrogen and oxygen atoms in total. The average molecular weight is 355 g/mol. The van der Waals surface area contributed by atoms with Gasteiger partial charge in [-0.2, -0.15) is 0 Å². The quantitative estimate of drug-likeness (QED) is 0.685. The topological polar surface area (TPSA) is 65.4 Å². The number of rotatable bonds is 1. The molecule has 1 aromatic heterocycles. The number of benzene rings is 2. The van der Waals surface area contributed by atoms with Crippen molar-refractivity contribution >= 4 is 44.0 Å². The van der Waals surface area contributed by atoms with Gasteiger partial charge in [0.05, 0.1) is 11.2 Å². The molecule has 0 amide bonds. The second-order valence-corrected chi connectivity index (χ2v) is 6.26. The number of halogens is 1. The lowest BCUT2D eigenvalue weighted by atomic mass is 10.0. The van der Waals surface area contributed by atoms with E-state index in [0.717, 1.165) is 15.6 Å². The van der Waals surface area contributed by atoms with Crippen LogP contribution < -0.4 is 0 Å². The Kier molecular flexibility index (Phi) is 2.74. The summed E-state index contributed by atoms with van der Waals surface area (Å²) in [4.78, 5) is 20.0. The third-order valence-corrected chi connectivity index (χ3v) is 4.31. The van der Waals surface area contributed by atoms with Gasteiger partial charge in [-0.25, -0.2) is 4.99 Å². The lowest BCUT2D eigenvalue weighted by Crippen LogP contribution is -2.11. The zero-order valence-corrected chi connectivity index (χ0v) is 13.2. The van der Waals surface area contributed by atoms with E-state index in [2.05, 4.69) is 25.9 Å². The maximum absolute atomic E-state index is 12.5. The van der Waals surface area contributed by atoms with Crippen LogP contribution >= 0.6 is 15.9 Å². The molecule has 0 saturated heterocycles. The van der Waals surface area contributed by atoms with Crippen LogP contribution in [0.15, 0.2) is 45.9 Å². The molecule has 0 radical (unpaired) electrons. The summed E-state index contributed by atoms with van der Waals surface area (Å²) in [5, 5.41) is 11.1. The molecule has 0 unspecified atom stereocenters. The molecule has 4 rings (SSSR count). The van der Waals surface area contributed by atoms with Gasteiger partial charge in [-0.1, -0.05) is 22.0 Å². The number of aromatic nitrogens is 1. The molecule has 108 valence electrons. The van der Waals surface area contributed by atoms with Gasteiger partial charge in [0.25, 0.3) is 0 Å². The number of aromatic hydroxyl groups is 1. The first-order valence-corrected chi connectivity index (χ1v) is 7.58. The van der Waals surface area contributed by atoms with E-state index in [4.69, 9.17) is 0 Å². The van der Waals surface area contributed by atoms with E-state index < -0.39 is 0 Å². The fourth-order valence-corrected chi connectivity index (χ4v) is 3.08. The summed E-state index contributed by atoms with van der Waals surface area (Å²) in [6, 6.07) is 11.0. The normalized spacial score (nSPS) is 13.5. The Labute approximate surface area is 134 Å². The Balaban J connectivity index is 1.92. The predicted octanol–water partition coefficient (Wildman–Crippen LogP) is 4.26. The molecular weight excluding hydrogens is 344 g/mol. The van der Waals surface area contributed by atoms with E-state index in [1.807, 2.05) is 31.2 Å². The van der Waals surface area contributed by atoms with Crippen LogP contribution in [0.5, 0.6) is 5.75 Å². The van der Waals surface area contributed by atoms with Crippen LogP contribution in [0.2, 0.25) is 0 Å². The highest BCUT2D eigenvalue weighted by atomic mass is 79.9. The number of aromatic amines is 1. The molecule has 0 aliphatic carbocycles. The van der Waals surface area contributed by atoms with Crippen molar-refractivity contribution in [3.8, 4) is 5.75 Å². The number of carbonyl (C=O) groups excluding carboxylic acids is 1. The smallest absolute Gasteiger partial charge is 0.215 e. The summed E-state index contributed by atoms with van der Waals surface area (Å²) in [6.07, 6.45) is 0. The van der Waals surface area contributed by atoms with Crippen LogP contribution in [0.25, 0.3) is 10.9 Å². The third kappa shape index (κ3) is 1.82. The minimum atomic E-state index is -0.170. The fraction of sp³-hybridized carbons (Fsp3) is 0.0588. The summed E-state index contributed by atoms with van der Waals surface area (Å²) < 4.78 is 0.895. The molecular formula is C17H11BrN2O2. The maximum atomic E-state index is 12.5. The molecule has 1 aliphatic rings. The average Bonchev–Trinajstić information content (AvgIpc) is 2.96.